The van der Waals surface area contributed by atoms with Crippen molar-refractivity contribution < 1.29 is 101 Å². The number of nitrogens with two attached hydrogens (primary N) is 5. The van der Waals surface area contributed by atoms with Crippen molar-refractivity contribution >= 4 is 112 Å². The van der Waals surface area contributed by atoms with Crippen LogP contribution < -0.4 is 97.8 Å². The van der Waals surface area contributed by atoms with E-state index in [9.17, 15) is 96.2 Å². The van der Waals surface area contributed by atoms with Gasteiger partial charge in [0.15, 0.2) is 0 Å². The maximum Gasteiger partial charge on any atom is 0.306 e. The Bertz CT molecular complexity index is 3450. The first-order chi connectivity index (χ1) is 57.5. The van der Waals surface area contributed by atoms with Crippen molar-refractivity contribution in [3.05, 3.63) is 0 Å². The summed E-state index contributed by atoms with van der Waals surface area (Å²) in [4.78, 5) is 260. The number of nitrogens with one attached hydrogen (secondary N) is 13. The number of ether oxygens (including phenoxy) is 1. The Labute approximate surface area is 725 Å². The second-order valence-corrected chi connectivity index (χ2v) is 34.9. The van der Waals surface area contributed by atoms with Gasteiger partial charge in [-0.25, -0.2) is 0 Å². The minimum absolute atomic E-state index is 0.0245. The molecule has 123 heavy (non-hydrogen) atoms. The van der Waals surface area contributed by atoms with Crippen LogP contribution in [0.1, 0.15) is 278 Å². The van der Waals surface area contributed by atoms with Crippen LogP contribution in [-0.4, -0.2) is 209 Å². The summed E-state index contributed by atoms with van der Waals surface area (Å²) in [5, 5.41) is 43.5. The van der Waals surface area contributed by atoms with Crippen LogP contribution in [0.2, 0.25) is 0 Å². The molecular formula is C84H150N18O21. The van der Waals surface area contributed by atoms with Gasteiger partial charge in [-0.2, -0.15) is 0 Å². The number of carboxylic acid groups (broad SMARTS) is 1. The molecule has 0 heterocycles. The lowest BCUT2D eigenvalue weighted by Crippen LogP contribution is -2.62. The first-order valence-corrected chi connectivity index (χ1v) is 43.6. The molecule has 24 N–H and O–H groups in total. The Hall–Kier alpha value is -10.1. The highest BCUT2D eigenvalue weighted by atomic mass is 16.5. The van der Waals surface area contributed by atoms with Gasteiger partial charge >= 0.3 is 11.9 Å². The molecule has 0 aliphatic carbocycles. The first-order valence-electron chi connectivity index (χ1n) is 43.6. The van der Waals surface area contributed by atoms with Crippen LogP contribution in [0.4, 0.5) is 0 Å². The van der Waals surface area contributed by atoms with E-state index >= 15 is 0 Å². The Morgan fingerprint density at radius 2 is 0.577 bits per heavy atom. The molecule has 0 radical (unpaired) electrons. The molecule has 17 amide bonds. The van der Waals surface area contributed by atoms with E-state index in [-0.39, 0.29) is 113 Å². The number of esters is 1. The van der Waals surface area contributed by atoms with E-state index in [1.165, 1.54) is 0 Å². The van der Waals surface area contributed by atoms with Gasteiger partial charge in [0.25, 0.3) is 0 Å². The zero-order chi connectivity index (χ0) is 94.1. The average molecular weight is 1750 g/mol. The van der Waals surface area contributed by atoms with E-state index in [0.29, 0.717) is 12.8 Å². The van der Waals surface area contributed by atoms with E-state index in [2.05, 4.69) is 76.0 Å². The maximum atomic E-state index is 14.8. The van der Waals surface area contributed by atoms with Crippen LogP contribution in [0.25, 0.3) is 0 Å². The number of carboxylic acids is 1. The summed E-state index contributed by atoms with van der Waals surface area (Å²) in [5.74, 6) is -20.5. The number of amides is 17. The normalized spacial score (nSPS) is 14.8. The van der Waals surface area contributed by atoms with Crippen LogP contribution in [-0.2, 0) is 95.8 Å². The molecular weight excluding hydrogens is 1600 g/mol. The Balaban J connectivity index is 7.41. The third-order valence-corrected chi connectivity index (χ3v) is 20.1. The van der Waals surface area contributed by atoms with Gasteiger partial charge in [-0.3, -0.25) is 91.1 Å². The largest absolute Gasteiger partial charge is 0.481 e. The lowest BCUT2D eigenvalue weighted by atomic mass is 9.98. The topological polar surface area (TPSA) is 640 Å². The SMILES string of the molecule is CCCCCCCCCC(=O)N[C@@H](CC(C)C)C(=O)N[C@H](CCC(=O)O)C(=O)N[C@H](CCC(N)=O)C(=O)N[C@@H](C(=O)N[C@H](CC(C)C)C(=O)N[C@@H](CCCN)C(=O)N[C@H](COC(=O)C[C@@H](C)CC)C(=O)N[C@H](C(=O)N[C@H](CC(C)C)C(=O)N[C@H](CCC(N)=O)C(=O)N[C@@H](CC(C)C)C(=O)N[C@@H](CC(C)C)C(=O)N[C@H](CCC(N)=O)C(N)=O)C(C)C)C(C)C. The van der Waals surface area contributed by atoms with E-state index in [1.54, 1.807) is 90.0 Å². The van der Waals surface area contributed by atoms with Gasteiger partial charge in [0, 0.05) is 38.5 Å². The Morgan fingerprint density at radius 1 is 0.301 bits per heavy atom. The fraction of sp³-hybridized carbons (Fsp3) is 0.774. The zero-order valence-electron chi connectivity index (χ0n) is 75.7. The minimum Gasteiger partial charge on any atom is -0.481 e. The fourth-order valence-electron chi connectivity index (χ4n) is 13.0. The lowest BCUT2D eigenvalue weighted by Gasteiger charge is -2.30. The standard InChI is InChI=1S/C84H150N18O21/c1-18-20-21-22-23-24-25-28-67(106)90-58(38-45(3)4)77(115)95-57(32-36-68(107)108)74(112)93-56(31-35-66(88)105)76(114)101-70(50(13)14)83(121)98-61(41-48(9)10)79(117)92-54(27-26-37-85)73(111)100-63(44-123-69(109)43-52(17)19-2)82(120)102-71(51(15)16)84(122)99-62(42-49(11)12)80(118)94-55(30-34-65(87)104)75(113)96-60(40-47(7)8)81(119)97-59(39-46(5)6)78(116)91-53(72(89)110)29-33-64(86)103/h45-63,70-71H,18-44,85H2,1-17H3,(H2,86,103)(H2,87,104)(H2,88,105)(H2,89,110)(H,90,106)(H,91,116)(H,92,117)(H,93,112)(H,94,118)(H,95,115)(H,96,113)(H,97,119)(H,98,121)(H,99,122)(H,100,111)(H,101,114)(H,102,120)(H,107,108)/t52-,53+,54-,55+,56+,57+,58-,59-,60-,61+,62+,63+,70+,71-/m0/s1. The van der Waals surface area contributed by atoms with Crippen molar-refractivity contribution in [3.8, 4) is 0 Å². The third-order valence-electron chi connectivity index (χ3n) is 20.1. The van der Waals surface area contributed by atoms with Gasteiger partial charge in [-0.05, 0) is 131 Å². The summed E-state index contributed by atoms with van der Waals surface area (Å²) < 4.78 is 5.58. The monoisotopic (exact) mass is 1750 g/mol. The number of rotatable bonds is 66. The van der Waals surface area contributed by atoms with E-state index < -0.39 is 248 Å². The van der Waals surface area contributed by atoms with Crippen molar-refractivity contribution in [1.29, 1.82) is 0 Å². The number of aliphatic carboxylic acids is 1. The molecule has 0 aliphatic heterocycles. The highest BCUT2D eigenvalue weighted by Gasteiger charge is 2.40. The molecule has 39 nitrogen and oxygen atoms in total. The average Bonchev–Trinajstić information content (AvgIpc) is 0.806. The Kier molecular flexibility index (Phi) is 55.5. The molecule has 0 saturated heterocycles. The van der Waals surface area contributed by atoms with Gasteiger partial charge in [0.1, 0.15) is 85.2 Å². The maximum absolute atomic E-state index is 14.8. The summed E-state index contributed by atoms with van der Waals surface area (Å²) in [5.41, 5.74) is 27.8. The van der Waals surface area contributed by atoms with Crippen LogP contribution >= 0.6 is 0 Å². The van der Waals surface area contributed by atoms with Crippen molar-refractivity contribution in [2.75, 3.05) is 13.2 Å². The zero-order valence-corrected chi connectivity index (χ0v) is 75.7. The molecule has 0 aromatic heterocycles. The number of hydrogen-bond donors (Lipinski definition) is 19. The molecule has 14 atom stereocenters. The molecule has 0 saturated carbocycles. The molecule has 0 aromatic rings. The van der Waals surface area contributed by atoms with Crippen molar-refractivity contribution in [3.63, 3.8) is 0 Å². The molecule has 0 aromatic carbocycles. The van der Waals surface area contributed by atoms with Crippen LogP contribution in [0.5, 0.6) is 0 Å². The second kappa shape index (κ2) is 60.4. The summed E-state index contributed by atoms with van der Waals surface area (Å²) in [6.45, 7) is 28.6. The number of hydrogen-bond acceptors (Lipinski definition) is 21. The van der Waals surface area contributed by atoms with Gasteiger partial charge in [0.2, 0.25) is 100 Å². The molecule has 39 heteroatoms. The van der Waals surface area contributed by atoms with E-state index in [0.717, 1.165) is 38.5 Å². The Morgan fingerprint density at radius 3 is 0.894 bits per heavy atom. The second-order valence-electron chi connectivity index (χ2n) is 34.9. The summed E-state index contributed by atoms with van der Waals surface area (Å²) >= 11 is 0. The van der Waals surface area contributed by atoms with Crippen molar-refractivity contribution in [2.24, 2.45) is 76.0 Å². The summed E-state index contributed by atoms with van der Waals surface area (Å²) in [7, 11) is 0. The molecule has 0 rings (SSSR count). The van der Waals surface area contributed by atoms with E-state index in [1.807, 2.05) is 20.8 Å². The molecule has 0 spiro atoms. The highest BCUT2D eigenvalue weighted by molar-refractivity contribution is 6.01. The predicted molar refractivity (Wildman–Crippen MR) is 459 cm³/mol. The van der Waals surface area contributed by atoms with Crippen LogP contribution in [0, 0.1) is 47.3 Å². The fourth-order valence-corrected chi connectivity index (χ4v) is 13.0. The first kappa shape index (κ1) is 113. The number of primary amides is 4. The molecule has 0 fully saturated rings. The van der Waals surface area contributed by atoms with Crippen LogP contribution in [0.15, 0.2) is 0 Å². The summed E-state index contributed by atoms with van der Waals surface area (Å²) in [6.07, 6.45) is 3.66. The van der Waals surface area contributed by atoms with E-state index in [4.69, 9.17) is 33.4 Å². The molecule has 0 unspecified atom stereocenters. The van der Waals surface area contributed by atoms with Gasteiger partial charge in [-0.15, -0.1) is 0 Å². The highest BCUT2D eigenvalue weighted by Crippen LogP contribution is 2.19. The molecule has 0 bridgehead atoms. The summed E-state index contributed by atoms with van der Waals surface area (Å²) in [6, 6.07) is -19.3. The number of unbranched alkanes of at least 4 members (excludes halogenated alkanes) is 6. The number of carbonyl (C=O) groups is 19. The third kappa shape index (κ3) is 49.1. The quantitative estimate of drug-likeness (QED) is 0.0296. The lowest BCUT2D eigenvalue weighted by molar-refractivity contribution is -0.148. The predicted octanol–water partition coefficient (Wildman–Crippen LogP) is 0.837. The van der Waals surface area contributed by atoms with Crippen molar-refractivity contribution in [2.45, 2.75) is 357 Å². The number of carbonyl (C=O) groups excluding carboxylic acids is 18. The van der Waals surface area contributed by atoms with Gasteiger partial charge < -0.3 is 108 Å². The minimum atomic E-state index is -1.81. The van der Waals surface area contributed by atoms with Gasteiger partial charge in [-0.1, -0.05) is 163 Å². The van der Waals surface area contributed by atoms with Crippen molar-refractivity contribution in [1.82, 2.24) is 69.1 Å². The molecule has 0 aliphatic rings. The van der Waals surface area contributed by atoms with Crippen LogP contribution in [0.3, 0.4) is 0 Å². The van der Waals surface area contributed by atoms with Gasteiger partial charge in [0.05, 0.1) is 0 Å². The molecule has 702 valence electrons. The smallest absolute Gasteiger partial charge is 0.306 e.